The third kappa shape index (κ3) is 6.85. The van der Waals surface area contributed by atoms with Crippen molar-refractivity contribution >= 4 is 11.8 Å². The minimum absolute atomic E-state index is 0.602. The van der Waals surface area contributed by atoms with Gasteiger partial charge in [0.25, 0.3) is 0 Å². The lowest BCUT2D eigenvalue weighted by atomic mass is 10.1. The third-order valence-electron chi connectivity index (χ3n) is 5.37. The molecule has 0 bridgehead atoms. The van der Waals surface area contributed by atoms with Crippen molar-refractivity contribution in [3.63, 3.8) is 0 Å². The number of likely N-dealkylation sites (N-methyl/N-ethyl adjacent to an activating group) is 1. The van der Waals surface area contributed by atoms with E-state index in [2.05, 4.69) is 70.6 Å². The van der Waals surface area contributed by atoms with E-state index in [1.165, 1.54) is 5.56 Å². The molecule has 1 aliphatic heterocycles. The van der Waals surface area contributed by atoms with E-state index in [9.17, 15) is 0 Å². The number of rotatable bonds is 8. The van der Waals surface area contributed by atoms with Crippen molar-refractivity contribution in [2.75, 3.05) is 51.3 Å². The van der Waals surface area contributed by atoms with Crippen molar-refractivity contribution in [1.82, 2.24) is 20.5 Å². The largest absolute Gasteiger partial charge is 0.494 e. The number of ether oxygens (including phenoxy) is 1. The van der Waals surface area contributed by atoms with Crippen LogP contribution in [0.15, 0.2) is 41.5 Å². The minimum Gasteiger partial charge on any atom is -0.494 e. The molecule has 2 N–H and O–H groups in total. The Morgan fingerprint density at radius 3 is 2.65 bits per heavy atom. The van der Waals surface area contributed by atoms with Crippen LogP contribution in [0.1, 0.15) is 30.5 Å². The van der Waals surface area contributed by atoms with Gasteiger partial charge in [-0.3, -0.25) is 0 Å². The molecule has 2 heterocycles. The molecule has 31 heavy (non-hydrogen) atoms. The lowest BCUT2D eigenvalue weighted by molar-refractivity contribution is 0.312. The Hall–Kier alpha value is -2.80. The van der Waals surface area contributed by atoms with Gasteiger partial charge in [-0.15, -0.1) is 0 Å². The first kappa shape index (κ1) is 22.9. The van der Waals surface area contributed by atoms with Crippen LogP contribution in [0, 0.1) is 6.92 Å². The molecule has 7 nitrogen and oxygen atoms in total. The van der Waals surface area contributed by atoms with Gasteiger partial charge in [-0.1, -0.05) is 12.1 Å². The third-order valence-corrected chi connectivity index (χ3v) is 5.37. The van der Waals surface area contributed by atoms with Crippen molar-refractivity contribution in [1.29, 1.82) is 0 Å². The summed E-state index contributed by atoms with van der Waals surface area (Å²) in [4.78, 5) is 14.1. The summed E-state index contributed by atoms with van der Waals surface area (Å²) in [5.74, 6) is 2.76. The maximum absolute atomic E-state index is 5.80. The molecule has 1 aliphatic rings. The number of benzene rings is 1. The Labute approximate surface area is 186 Å². The topological polar surface area (TPSA) is 65.0 Å². The van der Waals surface area contributed by atoms with Gasteiger partial charge in [0.15, 0.2) is 5.96 Å². The SMILES string of the molecule is CCNC(=NCc1ccnc(N2CCN(C)CC2)c1)NCc1ccc(C)cc1OCC. The van der Waals surface area contributed by atoms with E-state index in [0.29, 0.717) is 19.7 Å². The first-order chi connectivity index (χ1) is 15.1. The van der Waals surface area contributed by atoms with E-state index in [1.54, 1.807) is 0 Å². The molecule has 1 aromatic heterocycles. The van der Waals surface area contributed by atoms with Gasteiger partial charge in [-0.2, -0.15) is 0 Å². The first-order valence-electron chi connectivity index (χ1n) is 11.2. The zero-order chi connectivity index (χ0) is 22.1. The van der Waals surface area contributed by atoms with Gasteiger partial charge in [-0.25, -0.2) is 9.98 Å². The Morgan fingerprint density at radius 2 is 1.90 bits per heavy atom. The zero-order valence-corrected chi connectivity index (χ0v) is 19.3. The summed E-state index contributed by atoms with van der Waals surface area (Å²) < 4.78 is 5.80. The fourth-order valence-electron chi connectivity index (χ4n) is 3.56. The number of pyridine rings is 1. The summed E-state index contributed by atoms with van der Waals surface area (Å²) in [6.07, 6.45) is 1.89. The van der Waals surface area contributed by atoms with Crippen molar-refractivity contribution < 1.29 is 4.74 Å². The van der Waals surface area contributed by atoms with Crippen LogP contribution in [0.2, 0.25) is 0 Å². The average molecular weight is 425 g/mol. The normalized spacial score (nSPS) is 15.1. The predicted octanol–water partition coefficient (Wildman–Crippen LogP) is 2.80. The second-order valence-electron chi connectivity index (χ2n) is 7.91. The number of anilines is 1. The summed E-state index contributed by atoms with van der Waals surface area (Å²) in [5, 5.41) is 6.77. The minimum atomic E-state index is 0.602. The Bertz CT molecular complexity index is 861. The van der Waals surface area contributed by atoms with E-state index in [1.807, 2.05) is 19.2 Å². The van der Waals surface area contributed by atoms with Crippen molar-refractivity contribution in [3.8, 4) is 5.75 Å². The number of hydrogen-bond acceptors (Lipinski definition) is 5. The number of nitrogens with zero attached hydrogens (tertiary/aromatic N) is 4. The van der Waals surface area contributed by atoms with Crippen LogP contribution in [-0.2, 0) is 13.1 Å². The number of aliphatic imine (C=N–C) groups is 1. The van der Waals surface area contributed by atoms with Gasteiger partial charge < -0.3 is 25.2 Å². The van der Waals surface area contributed by atoms with Gasteiger partial charge in [0.05, 0.1) is 13.2 Å². The Morgan fingerprint density at radius 1 is 1.10 bits per heavy atom. The molecule has 0 aliphatic carbocycles. The highest BCUT2D eigenvalue weighted by atomic mass is 16.5. The maximum Gasteiger partial charge on any atom is 0.191 e. The molecule has 7 heteroatoms. The van der Waals surface area contributed by atoms with Crippen LogP contribution in [0.3, 0.4) is 0 Å². The van der Waals surface area contributed by atoms with Gasteiger partial charge in [0, 0.05) is 51.0 Å². The lowest BCUT2D eigenvalue weighted by Crippen LogP contribution is -2.44. The predicted molar refractivity (Wildman–Crippen MR) is 128 cm³/mol. The molecule has 0 spiro atoms. The van der Waals surface area contributed by atoms with Crippen LogP contribution < -0.4 is 20.3 Å². The number of aryl methyl sites for hydroxylation is 1. The Kier molecular flexibility index (Phi) is 8.53. The highest BCUT2D eigenvalue weighted by Gasteiger charge is 2.15. The van der Waals surface area contributed by atoms with Crippen molar-refractivity contribution in [2.45, 2.75) is 33.9 Å². The second kappa shape index (κ2) is 11.6. The molecule has 0 atom stereocenters. The summed E-state index contributed by atoms with van der Waals surface area (Å²) in [7, 11) is 2.17. The fourth-order valence-corrected chi connectivity index (χ4v) is 3.56. The quantitative estimate of drug-likeness (QED) is 0.502. The number of piperazine rings is 1. The van der Waals surface area contributed by atoms with Gasteiger partial charge in [0.2, 0.25) is 0 Å². The Balaban J connectivity index is 1.64. The second-order valence-corrected chi connectivity index (χ2v) is 7.91. The monoisotopic (exact) mass is 424 g/mol. The maximum atomic E-state index is 5.80. The van der Waals surface area contributed by atoms with Gasteiger partial charge in [-0.05, 0) is 57.1 Å². The number of guanidine groups is 1. The van der Waals surface area contributed by atoms with Gasteiger partial charge in [0.1, 0.15) is 11.6 Å². The van der Waals surface area contributed by atoms with Crippen molar-refractivity contribution in [2.24, 2.45) is 4.99 Å². The summed E-state index contributed by atoms with van der Waals surface area (Å²) in [6, 6.07) is 10.5. The molecule has 3 rings (SSSR count). The summed E-state index contributed by atoms with van der Waals surface area (Å²) in [5.41, 5.74) is 3.48. The van der Waals surface area contributed by atoms with E-state index < -0.39 is 0 Å². The zero-order valence-electron chi connectivity index (χ0n) is 19.3. The van der Waals surface area contributed by atoms with Crippen LogP contribution in [0.25, 0.3) is 0 Å². The van der Waals surface area contributed by atoms with Crippen LogP contribution >= 0.6 is 0 Å². The standard InChI is InChI=1S/C24H36N6O/c1-5-25-24(28-18-21-8-7-19(3)15-22(21)31-6-2)27-17-20-9-10-26-23(16-20)30-13-11-29(4)12-14-30/h7-10,15-16H,5-6,11-14,17-18H2,1-4H3,(H2,25,27,28). The van der Waals surface area contributed by atoms with E-state index in [-0.39, 0.29) is 0 Å². The van der Waals surface area contributed by atoms with Gasteiger partial charge >= 0.3 is 0 Å². The first-order valence-corrected chi connectivity index (χ1v) is 11.2. The lowest BCUT2D eigenvalue weighted by Gasteiger charge is -2.33. The highest BCUT2D eigenvalue weighted by Crippen LogP contribution is 2.20. The molecule has 0 unspecified atom stereocenters. The van der Waals surface area contributed by atoms with Crippen molar-refractivity contribution in [3.05, 3.63) is 53.2 Å². The molecule has 0 saturated carbocycles. The molecule has 168 valence electrons. The smallest absolute Gasteiger partial charge is 0.191 e. The number of nitrogens with one attached hydrogen (secondary N) is 2. The number of aromatic nitrogens is 1. The van der Waals surface area contributed by atoms with Crippen LogP contribution in [0.5, 0.6) is 5.75 Å². The molecule has 1 fully saturated rings. The van der Waals surface area contributed by atoms with E-state index in [0.717, 1.165) is 61.4 Å². The molecule has 0 amide bonds. The summed E-state index contributed by atoms with van der Waals surface area (Å²) in [6.45, 7) is 13.1. The molecular formula is C24H36N6O. The molecule has 2 aromatic rings. The molecule has 1 aromatic carbocycles. The fraction of sp³-hybridized carbons (Fsp3) is 0.500. The summed E-state index contributed by atoms with van der Waals surface area (Å²) >= 11 is 0. The molecule has 0 radical (unpaired) electrons. The average Bonchev–Trinajstić information content (AvgIpc) is 2.77. The molecular weight excluding hydrogens is 388 g/mol. The molecule has 1 saturated heterocycles. The van der Waals surface area contributed by atoms with E-state index in [4.69, 9.17) is 9.73 Å². The van der Waals surface area contributed by atoms with E-state index >= 15 is 0 Å². The van der Waals surface area contributed by atoms with Crippen LogP contribution in [0.4, 0.5) is 5.82 Å². The number of hydrogen-bond donors (Lipinski definition) is 2. The highest BCUT2D eigenvalue weighted by molar-refractivity contribution is 5.79. The van der Waals surface area contributed by atoms with Crippen LogP contribution in [-0.4, -0.2) is 62.2 Å².